The summed E-state index contributed by atoms with van der Waals surface area (Å²) in [6.45, 7) is 2.67. The number of amides is 3. The van der Waals surface area contributed by atoms with Crippen molar-refractivity contribution >= 4 is 17.9 Å². The minimum atomic E-state index is -0.642. The Morgan fingerprint density at radius 3 is 2.31 bits per heavy atom. The highest BCUT2D eigenvalue weighted by Gasteiger charge is 2.36. The van der Waals surface area contributed by atoms with E-state index in [0.717, 1.165) is 24.0 Å². The summed E-state index contributed by atoms with van der Waals surface area (Å²) >= 11 is 0. The van der Waals surface area contributed by atoms with Crippen molar-refractivity contribution in [3.05, 3.63) is 59.7 Å². The first kappa shape index (κ1) is 21.9. The van der Waals surface area contributed by atoms with Gasteiger partial charge in [0, 0.05) is 18.9 Å². The molecule has 0 bridgehead atoms. The molecular formula is C25H29N3O4. The number of hydrogen-bond donors (Lipinski definition) is 2. The van der Waals surface area contributed by atoms with Crippen LogP contribution in [0.3, 0.4) is 0 Å². The highest BCUT2D eigenvalue weighted by Crippen LogP contribution is 2.44. The molecular weight excluding hydrogens is 406 g/mol. The van der Waals surface area contributed by atoms with Gasteiger partial charge in [-0.25, -0.2) is 4.79 Å². The predicted molar refractivity (Wildman–Crippen MR) is 121 cm³/mol. The molecule has 0 radical (unpaired) electrons. The van der Waals surface area contributed by atoms with Gasteiger partial charge in [-0.3, -0.25) is 25.3 Å². The van der Waals surface area contributed by atoms with Crippen LogP contribution in [0.2, 0.25) is 0 Å². The molecule has 1 saturated heterocycles. The number of likely N-dealkylation sites (tertiary alicyclic amines) is 1. The molecule has 1 heterocycles. The molecule has 168 valence electrons. The minimum Gasteiger partial charge on any atom is -0.448 e. The smallest absolute Gasteiger partial charge is 0.410 e. The summed E-state index contributed by atoms with van der Waals surface area (Å²) in [7, 11) is 0. The van der Waals surface area contributed by atoms with Gasteiger partial charge in [-0.15, -0.1) is 0 Å². The number of ether oxygens (including phenoxy) is 1. The molecule has 1 atom stereocenters. The molecule has 7 nitrogen and oxygen atoms in total. The Bertz CT molecular complexity index is 961. The minimum absolute atomic E-state index is 0.0286. The lowest BCUT2D eigenvalue weighted by Crippen LogP contribution is -2.51. The summed E-state index contributed by atoms with van der Waals surface area (Å²) in [6, 6.07) is 15.7. The highest BCUT2D eigenvalue weighted by atomic mass is 16.6. The highest BCUT2D eigenvalue weighted by molar-refractivity contribution is 5.88. The molecule has 4 rings (SSSR count). The normalized spacial score (nSPS) is 16.9. The van der Waals surface area contributed by atoms with E-state index in [1.807, 2.05) is 31.2 Å². The van der Waals surface area contributed by atoms with Crippen molar-refractivity contribution in [3.63, 3.8) is 0 Å². The monoisotopic (exact) mass is 435 g/mol. The third kappa shape index (κ3) is 4.47. The fourth-order valence-corrected chi connectivity index (χ4v) is 4.55. The van der Waals surface area contributed by atoms with E-state index < -0.39 is 12.1 Å². The van der Waals surface area contributed by atoms with E-state index in [2.05, 4.69) is 35.1 Å². The van der Waals surface area contributed by atoms with E-state index in [-0.39, 0.29) is 24.3 Å². The summed E-state index contributed by atoms with van der Waals surface area (Å²) in [5.74, 6) is -0.647. The molecule has 0 aromatic heterocycles. The number of unbranched alkanes of at least 4 members (excludes halogenated alkanes) is 1. The second-order valence-electron chi connectivity index (χ2n) is 8.30. The molecule has 1 aliphatic heterocycles. The largest absolute Gasteiger partial charge is 0.448 e. The molecule has 0 unspecified atom stereocenters. The van der Waals surface area contributed by atoms with Gasteiger partial charge in [0.05, 0.1) is 0 Å². The quantitative estimate of drug-likeness (QED) is 0.677. The number of nitrogens with zero attached hydrogens (tertiary/aromatic N) is 1. The predicted octanol–water partition coefficient (Wildman–Crippen LogP) is 3.74. The zero-order valence-corrected chi connectivity index (χ0v) is 18.3. The fraction of sp³-hybridized carbons (Fsp3) is 0.400. The number of hydrazine groups is 1. The summed E-state index contributed by atoms with van der Waals surface area (Å²) in [5.41, 5.74) is 9.52. The zero-order chi connectivity index (χ0) is 22.5. The van der Waals surface area contributed by atoms with Gasteiger partial charge in [-0.1, -0.05) is 61.9 Å². The number of benzene rings is 2. The van der Waals surface area contributed by atoms with Gasteiger partial charge in [0.2, 0.25) is 5.91 Å². The number of carbonyl (C=O) groups is 3. The average molecular weight is 436 g/mol. The molecule has 2 aromatic carbocycles. The zero-order valence-electron chi connectivity index (χ0n) is 18.3. The van der Waals surface area contributed by atoms with Crippen LogP contribution < -0.4 is 10.9 Å². The van der Waals surface area contributed by atoms with Gasteiger partial charge in [0.15, 0.2) is 0 Å². The van der Waals surface area contributed by atoms with Crippen LogP contribution in [-0.4, -0.2) is 42.0 Å². The Morgan fingerprint density at radius 2 is 1.66 bits per heavy atom. The Hall–Kier alpha value is -3.35. The van der Waals surface area contributed by atoms with E-state index in [1.165, 1.54) is 16.0 Å². The van der Waals surface area contributed by atoms with Gasteiger partial charge in [-0.2, -0.15) is 0 Å². The topological polar surface area (TPSA) is 87.7 Å². The average Bonchev–Trinajstić information content (AvgIpc) is 3.43. The van der Waals surface area contributed by atoms with Crippen molar-refractivity contribution in [2.24, 2.45) is 0 Å². The molecule has 7 heteroatoms. The van der Waals surface area contributed by atoms with E-state index in [0.29, 0.717) is 25.8 Å². The number of nitrogens with one attached hydrogen (secondary N) is 2. The lowest BCUT2D eigenvalue weighted by atomic mass is 9.98. The fourth-order valence-electron chi connectivity index (χ4n) is 4.55. The van der Waals surface area contributed by atoms with Crippen LogP contribution in [0.1, 0.15) is 56.1 Å². The second kappa shape index (κ2) is 9.85. The third-order valence-electron chi connectivity index (χ3n) is 6.21. The van der Waals surface area contributed by atoms with E-state index in [4.69, 9.17) is 4.74 Å². The van der Waals surface area contributed by atoms with Crippen LogP contribution in [0.25, 0.3) is 11.1 Å². The van der Waals surface area contributed by atoms with Crippen molar-refractivity contribution in [1.82, 2.24) is 15.8 Å². The van der Waals surface area contributed by atoms with Gasteiger partial charge in [0.25, 0.3) is 5.91 Å². The Kier molecular flexibility index (Phi) is 6.73. The third-order valence-corrected chi connectivity index (χ3v) is 6.21. The lowest BCUT2D eigenvalue weighted by molar-refractivity contribution is -0.131. The molecule has 0 saturated carbocycles. The Labute approximate surface area is 188 Å². The molecule has 2 N–H and O–H groups in total. The number of rotatable bonds is 6. The van der Waals surface area contributed by atoms with Gasteiger partial charge in [-0.05, 0) is 41.5 Å². The van der Waals surface area contributed by atoms with Crippen LogP contribution >= 0.6 is 0 Å². The van der Waals surface area contributed by atoms with E-state index in [1.54, 1.807) is 0 Å². The maximum absolute atomic E-state index is 12.9. The van der Waals surface area contributed by atoms with Crippen molar-refractivity contribution in [2.75, 3.05) is 13.2 Å². The van der Waals surface area contributed by atoms with Gasteiger partial charge in [0.1, 0.15) is 12.6 Å². The van der Waals surface area contributed by atoms with Crippen molar-refractivity contribution in [2.45, 2.75) is 51.0 Å². The van der Waals surface area contributed by atoms with E-state index >= 15 is 0 Å². The van der Waals surface area contributed by atoms with Crippen molar-refractivity contribution < 1.29 is 19.1 Å². The Morgan fingerprint density at radius 1 is 1.00 bits per heavy atom. The first-order valence-electron chi connectivity index (χ1n) is 11.3. The summed E-state index contributed by atoms with van der Waals surface area (Å²) < 4.78 is 5.70. The van der Waals surface area contributed by atoms with Crippen molar-refractivity contribution in [1.29, 1.82) is 0 Å². The van der Waals surface area contributed by atoms with Crippen LogP contribution in [0.15, 0.2) is 48.5 Å². The maximum Gasteiger partial charge on any atom is 0.410 e. The first-order valence-corrected chi connectivity index (χ1v) is 11.3. The second-order valence-corrected chi connectivity index (χ2v) is 8.30. The van der Waals surface area contributed by atoms with Crippen LogP contribution in [0.5, 0.6) is 0 Å². The van der Waals surface area contributed by atoms with Crippen LogP contribution in [0, 0.1) is 0 Å². The SMILES string of the molecule is CCCCC(=O)NNC(=O)[C@@H]1CCCN1C(=O)OCC1c2ccccc2-c2ccccc21. The molecule has 32 heavy (non-hydrogen) atoms. The van der Waals surface area contributed by atoms with Crippen LogP contribution in [-0.2, 0) is 14.3 Å². The van der Waals surface area contributed by atoms with Gasteiger partial charge >= 0.3 is 6.09 Å². The van der Waals surface area contributed by atoms with Crippen LogP contribution in [0.4, 0.5) is 4.79 Å². The Balaban J connectivity index is 1.37. The van der Waals surface area contributed by atoms with E-state index in [9.17, 15) is 14.4 Å². The number of hydrogen-bond acceptors (Lipinski definition) is 4. The number of fused-ring (bicyclic) bond motifs is 3. The molecule has 1 aliphatic carbocycles. The number of carbonyl (C=O) groups excluding carboxylic acids is 3. The van der Waals surface area contributed by atoms with Gasteiger partial charge < -0.3 is 4.74 Å². The maximum atomic E-state index is 12.9. The molecule has 1 fully saturated rings. The standard InChI is InChI=1S/C25H29N3O4/c1-2-3-14-23(29)26-27-24(30)22-13-8-15-28(22)25(31)32-16-21-19-11-6-4-9-17(19)18-10-5-7-12-20(18)21/h4-7,9-12,21-22H,2-3,8,13-16H2,1H3,(H,26,29)(H,27,30)/t22-/m0/s1. The summed E-state index contributed by atoms with van der Waals surface area (Å²) in [4.78, 5) is 38.6. The summed E-state index contributed by atoms with van der Waals surface area (Å²) in [5, 5.41) is 0. The lowest BCUT2D eigenvalue weighted by Gasteiger charge is -2.24. The molecule has 2 aliphatic rings. The summed E-state index contributed by atoms with van der Waals surface area (Å²) in [6.07, 6.45) is 2.78. The molecule has 0 spiro atoms. The molecule has 3 amide bonds. The molecule has 2 aromatic rings. The van der Waals surface area contributed by atoms with Crippen molar-refractivity contribution in [3.8, 4) is 11.1 Å². The first-order chi connectivity index (χ1) is 15.6.